The number of carbonyl (C=O) groups is 1. The molecule has 1 rings (SSSR count). The number of ketones is 1. The zero-order chi connectivity index (χ0) is 8.43. The van der Waals surface area contributed by atoms with Crippen LogP contribution in [0.1, 0.15) is 33.1 Å². The van der Waals surface area contributed by atoms with Crippen LogP contribution in [0.25, 0.3) is 0 Å². The summed E-state index contributed by atoms with van der Waals surface area (Å²) < 4.78 is 0. The van der Waals surface area contributed by atoms with E-state index in [0.717, 1.165) is 19.3 Å². The molecule has 64 valence electrons. The van der Waals surface area contributed by atoms with Crippen molar-refractivity contribution in [2.75, 3.05) is 0 Å². The Hall–Kier alpha value is -0.370. The number of hydrogen-bond donors (Lipinski definition) is 1. The molecule has 0 spiro atoms. The van der Waals surface area contributed by atoms with E-state index >= 15 is 0 Å². The second-order valence-electron chi connectivity index (χ2n) is 3.70. The summed E-state index contributed by atoms with van der Waals surface area (Å²) in [6.07, 6.45) is 2.37. The fourth-order valence-electron chi connectivity index (χ4n) is 1.83. The lowest BCUT2D eigenvalue weighted by Gasteiger charge is -2.29. The molecule has 3 atom stereocenters. The first-order valence-electron chi connectivity index (χ1n) is 4.29. The molecule has 1 aliphatic rings. The largest absolute Gasteiger partial charge is 0.392 e. The molecule has 0 aromatic rings. The third-order valence-electron chi connectivity index (χ3n) is 2.60. The lowest BCUT2D eigenvalue weighted by molar-refractivity contribution is -0.126. The summed E-state index contributed by atoms with van der Waals surface area (Å²) in [6.45, 7) is 3.70. The molecule has 0 aromatic carbocycles. The van der Waals surface area contributed by atoms with Crippen molar-refractivity contribution in [2.45, 2.75) is 39.2 Å². The van der Waals surface area contributed by atoms with Crippen LogP contribution in [0.2, 0.25) is 0 Å². The Balaban J connectivity index is 2.50. The topological polar surface area (TPSA) is 37.3 Å². The standard InChI is InChI=1S/C9H16O2/c1-6-3-4-8(7(2)10)9(11)5-6/h6,8-9,11H,3-5H2,1-2H3/t6?,8-,9?/m0/s1. The van der Waals surface area contributed by atoms with E-state index < -0.39 is 0 Å². The molecule has 11 heavy (non-hydrogen) atoms. The van der Waals surface area contributed by atoms with Crippen LogP contribution in [-0.2, 0) is 4.79 Å². The van der Waals surface area contributed by atoms with Gasteiger partial charge in [0.05, 0.1) is 6.10 Å². The predicted molar refractivity (Wildman–Crippen MR) is 43.2 cm³/mol. The van der Waals surface area contributed by atoms with Crippen molar-refractivity contribution in [1.29, 1.82) is 0 Å². The highest BCUT2D eigenvalue weighted by Gasteiger charge is 2.29. The third kappa shape index (κ3) is 2.03. The minimum atomic E-state index is -0.378. The highest BCUT2D eigenvalue weighted by Crippen LogP contribution is 2.28. The number of rotatable bonds is 1. The highest BCUT2D eigenvalue weighted by molar-refractivity contribution is 5.78. The summed E-state index contributed by atoms with van der Waals surface area (Å²) in [7, 11) is 0. The molecule has 0 aromatic heterocycles. The van der Waals surface area contributed by atoms with E-state index in [1.807, 2.05) is 0 Å². The average molecular weight is 156 g/mol. The summed E-state index contributed by atoms with van der Waals surface area (Å²) in [5, 5.41) is 9.49. The van der Waals surface area contributed by atoms with Crippen molar-refractivity contribution in [3.05, 3.63) is 0 Å². The van der Waals surface area contributed by atoms with Crippen LogP contribution in [0, 0.1) is 11.8 Å². The van der Waals surface area contributed by atoms with Crippen LogP contribution in [0.15, 0.2) is 0 Å². The van der Waals surface area contributed by atoms with E-state index in [1.165, 1.54) is 0 Å². The van der Waals surface area contributed by atoms with Gasteiger partial charge in [0.25, 0.3) is 0 Å². The van der Waals surface area contributed by atoms with Crippen LogP contribution < -0.4 is 0 Å². The Kier molecular flexibility index (Phi) is 2.66. The van der Waals surface area contributed by atoms with Crippen molar-refractivity contribution in [3.8, 4) is 0 Å². The molecule has 0 saturated heterocycles. The van der Waals surface area contributed by atoms with Crippen LogP contribution in [0.4, 0.5) is 0 Å². The molecule has 1 saturated carbocycles. The summed E-state index contributed by atoms with van der Waals surface area (Å²) in [5.74, 6) is 0.649. The second kappa shape index (κ2) is 3.35. The van der Waals surface area contributed by atoms with Crippen molar-refractivity contribution >= 4 is 5.78 Å². The smallest absolute Gasteiger partial charge is 0.135 e. The normalized spacial score (nSPS) is 38.6. The Labute approximate surface area is 67.6 Å². The van der Waals surface area contributed by atoms with Gasteiger partial charge in [-0.3, -0.25) is 4.79 Å². The van der Waals surface area contributed by atoms with Crippen molar-refractivity contribution in [3.63, 3.8) is 0 Å². The van der Waals surface area contributed by atoms with E-state index in [0.29, 0.717) is 5.92 Å². The van der Waals surface area contributed by atoms with Gasteiger partial charge >= 0.3 is 0 Å². The molecule has 1 aliphatic carbocycles. The minimum Gasteiger partial charge on any atom is -0.392 e. The number of aliphatic hydroxyl groups excluding tert-OH is 1. The minimum absolute atomic E-state index is 0.0776. The van der Waals surface area contributed by atoms with Gasteiger partial charge in [0, 0.05) is 5.92 Å². The Morgan fingerprint density at radius 2 is 2.09 bits per heavy atom. The van der Waals surface area contributed by atoms with Gasteiger partial charge in [-0.2, -0.15) is 0 Å². The van der Waals surface area contributed by atoms with Gasteiger partial charge in [-0.15, -0.1) is 0 Å². The molecule has 1 N–H and O–H groups in total. The predicted octanol–water partition coefficient (Wildman–Crippen LogP) is 1.37. The van der Waals surface area contributed by atoms with Gasteiger partial charge < -0.3 is 5.11 Å². The summed E-state index contributed by atoms with van der Waals surface area (Å²) in [6, 6.07) is 0. The first kappa shape index (κ1) is 8.72. The SMILES string of the molecule is CC(=O)[C@@H]1CCC(C)CC1O. The van der Waals surface area contributed by atoms with Crippen molar-refractivity contribution < 1.29 is 9.90 Å². The number of aliphatic hydroxyl groups is 1. The molecule has 2 heteroatoms. The summed E-state index contributed by atoms with van der Waals surface area (Å²) >= 11 is 0. The van der Waals surface area contributed by atoms with Crippen LogP contribution >= 0.6 is 0 Å². The summed E-state index contributed by atoms with van der Waals surface area (Å²) in [5.41, 5.74) is 0. The average Bonchev–Trinajstić information content (AvgIpc) is 1.85. The quantitative estimate of drug-likeness (QED) is 0.622. The Morgan fingerprint density at radius 1 is 1.45 bits per heavy atom. The molecule has 1 fully saturated rings. The molecule has 0 radical (unpaired) electrons. The Morgan fingerprint density at radius 3 is 2.55 bits per heavy atom. The molecule has 0 heterocycles. The van der Waals surface area contributed by atoms with Gasteiger partial charge in [0.15, 0.2) is 0 Å². The maximum atomic E-state index is 11.0. The number of hydrogen-bond acceptors (Lipinski definition) is 2. The fraction of sp³-hybridized carbons (Fsp3) is 0.889. The van der Waals surface area contributed by atoms with Crippen LogP contribution in [-0.4, -0.2) is 17.0 Å². The lowest BCUT2D eigenvalue weighted by atomic mass is 9.79. The zero-order valence-corrected chi connectivity index (χ0v) is 7.21. The molecule has 0 aliphatic heterocycles. The van der Waals surface area contributed by atoms with Gasteiger partial charge in [-0.25, -0.2) is 0 Å². The van der Waals surface area contributed by atoms with Crippen LogP contribution in [0.3, 0.4) is 0 Å². The van der Waals surface area contributed by atoms with Gasteiger partial charge in [0.2, 0.25) is 0 Å². The highest BCUT2D eigenvalue weighted by atomic mass is 16.3. The van der Waals surface area contributed by atoms with Crippen molar-refractivity contribution in [1.82, 2.24) is 0 Å². The first-order valence-corrected chi connectivity index (χ1v) is 4.29. The number of carbonyl (C=O) groups excluding carboxylic acids is 1. The van der Waals surface area contributed by atoms with E-state index in [4.69, 9.17) is 0 Å². The summed E-state index contributed by atoms with van der Waals surface area (Å²) in [4.78, 5) is 11.0. The van der Waals surface area contributed by atoms with E-state index in [-0.39, 0.29) is 17.8 Å². The van der Waals surface area contributed by atoms with E-state index in [1.54, 1.807) is 6.92 Å². The van der Waals surface area contributed by atoms with Crippen molar-refractivity contribution in [2.24, 2.45) is 11.8 Å². The van der Waals surface area contributed by atoms with Crippen LogP contribution in [0.5, 0.6) is 0 Å². The first-order chi connectivity index (χ1) is 5.11. The molecular weight excluding hydrogens is 140 g/mol. The van der Waals surface area contributed by atoms with E-state index in [9.17, 15) is 9.90 Å². The third-order valence-corrected chi connectivity index (χ3v) is 2.60. The second-order valence-corrected chi connectivity index (χ2v) is 3.70. The van der Waals surface area contributed by atoms with Gasteiger partial charge in [-0.1, -0.05) is 6.92 Å². The fourth-order valence-corrected chi connectivity index (χ4v) is 1.83. The van der Waals surface area contributed by atoms with Gasteiger partial charge in [0.1, 0.15) is 5.78 Å². The monoisotopic (exact) mass is 156 g/mol. The van der Waals surface area contributed by atoms with E-state index in [2.05, 4.69) is 6.92 Å². The molecular formula is C9H16O2. The number of Topliss-reactive ketones (excluding diaryl/α,β-unsaturated/α-hetero) is 1. The lowest BCUT2D eigenvalue weighted by Crippen LogP contribution is -2.32. The molecule has 2 unspecified atom stereocenters. The van der Waals surface area contributed by atoms with Gasteiger partial charge in [-0.05, 0) is 32.1 Å². The molecule has 0 amide bonds. The maximum absolute atomic E-state index is 11.0. The maximum Gasteiger partial charge on any atom is 0.135 e. The molecule has 2 nitrogen and oxygen atoms in total. The zero-order valence-electron chi connectivity index (χ0n) is 7.21. The molecule has 0 bridgehead atoms. The Bertz CT molecular complexity index is 154.